The van der Waals surface area contributed by atoms with Gasteiger partial charge >= 0.3 is 6.09 Å². The Balaban J connectivity index is 2.55. The monoisotopic (exact) mass is 297 g/mol. The minimum atomic E-state index is -0.0882. The Labute approximate surface area is 131 Å². The normalized spacial score (nSPS) is 16.1. The van der Waals surface area contributed by atoms with Gasteiger partial charge in [-0.3, -0.25) is 0 Å². The van der Waals surface area contributed by atoms with Gasteiger partial charge in [0.25, 0.3) is 0 Å². The molecule has 0 aromatic carbocycles. The van der Waals surface area contributed by atoms with Crippen LogP contribution in [-0.4, -0.2) is 29.7 Å². The topological polar surface area (TPSA) is 29.5 Å². The van der Waals surface area contributed by atoms with Gasteiger partial charge in [0, 0.05) is 12.1 Å². The summed E-state index contributed by atoms with van der Waals surface area (Å²) >= 11 is 0. The molecule has 3 nitrogen and oxygen atoms in total. The molecule has 0 atom stereocenters. The Morgan fingerprint density at radius 2 is 1.57 bits per heavy atom. The van der Waals surface area contributed by atoms with E-state index in [0.717, 1.165) is 25.8 Å². The molecule has 1 amide bonds. The predicted octanol–water partition coefficient (Wildman–Crippen LogP) is 5.53. The zero-order valence-electron chi connectivity index (χ0n) is 14.5. The fourth-order valence-corrected chi connectivity index (χ4v) is 3.30. The van der Waals surface area contributed by atoms with Crippen molar-refractivity contribution in [1.82, 2.24) is 4.90 Å². The molecule has 124 valence electrons. The number of hydrogen-bond donors (Lipinski definition) is 0. The molecule has 0 N–H and O–H groups in total. The number of hydrogen-bond acceptors (Lipinski definition) is 2. The molecule has 0 spiro atoms. The molecule has 21 heavy (non-hydrogen) atoms. The number of nitrogens with zero attached hydrogens (tertiary/aromatic N) is 1. The van der Waals surface area contributed by atoms with E-state index in [1.807, 2.05) is 4.90 Å². The SMILES string of the molecule is CCCCCCC(C)(CCCCCC)N1CCCOC1=O. The molecule has 3 heteroatoms. The highest BCUT2D eigenvalue weighted by Gasteiger charge is 2.36. The van der Waals surface area contributed by atoms with Crippen molar-refractivity contribution < 1.29 is 9.53 Å². The Kier molecular flexibility index (Phi) is 8.79. The molecule has 0 aromatic heterocycles. The van der Waals surface area contributed by atoms with Crippen LogP contribution in [0.1, 0.15) is 91.4 Å². The molecule has 1 heterocycles. The van der Waals surface area contributed by atoms with Gasteiger partial charge in [-0.05, 0) is 26.2 Å². The lowest BCUT2D eigenvalue weighted by molar-refractivity contribution is 0.0166. The minimum absolute atomic E-state index is 0.00101. The Morgan fingerprint density at radius 3 is 2.05 bits per heavy atom. The first-order valence-corrected chi connectivity index (χ1v) is 9.08. The fourth-order valence-electron chi connectivity index (χ4n) is 3.30. The van der Waals surface area contributed by atoms with E-state index in [1.165, 1.54) is 51.4 Å². The van der Waals surface area contributed by atoms with Gasteiger partial charge in [0.1, 0.15) is 0 Å². The van der Waals surface area contributed by atoms with Crippen molar-refractivity contribution in [3.05, 3.63) is 0 Å². The lowest BCUT2D eigenvalue weighted by Gasteiger charge is -2.43. The first kappa shape index (κ1) is 18.3. The molecule has 0 bridgehead atoms. The van der Waals surface area contributed by atoms with Crippen molar-refractivity contribution in [2.45, 2.75) is 96.9 Å². The van der Waals surface area contributed by atoms with Gasteiger partial charge in [0.15, 0.2) is 0 Å². The number of carbonyl (C=O) groups is 1. The van der Waals surface area contributed by atoms with Gasteiger partial charge in [-0.15, -0.1) is 0 Å². The van der Waals surface area contributed by atoms with Crippen LogP contribution in [0.3, 0.4) is 0 Å². The van der Waals surface area contributed by atoms with Gasteiger partial charge < -0.3 is 9.64 Å². The van der Waals surface area contributed by atoms with E-state index in [4.69, 9.17) is 4.74 Å². The summed E-state index contributed by atoms with van der Waals surface area (Å²) in [5, 5.41) is 0. The molecule has 1 rings (SSSR count). The highest BCUT2D eigenvalue weighted by molar-refractivity contribution is 5.69. The standard InChI is InChI=1S/C18H35NO2/c1-4-6-8-10-13-18(3,14-11-9-7-5-2)19-15-12-16-21-17(19)20/h4-16H2,1-3H3. The number of cyclic esters (lactones) is 1. The first-order valence-electron chi connectivity index (χ1n) is 9.08. The molecular formula is C18H35NO2. The van der Waals surface area contributed by atoms with Gasteiger partial charge in [0.05, 0.1) is 6.61 Å². The van der Waals surface area contributed by atoms with Gasteiger partial charge in [-0.25, -0.2) is 4.79 Å². The second-order valence-electron chi connectivity index (χ2n) is 6.74. The maximum absolute atomic E-state index is 12.1. The van der Waals surface area contributed by atoms with Crippen molar-refractivity contribution in [3.63, 3.8) is 0 Å². The number of ether oxygens (including phenoxy) is 1. The van der Waals surface area contributed by atoms with Crippen molar-refractivity contribution in [2.75, 3.05) is 13.2 Å². The number of carbonyl (C=O) groups excluding carboxylic acids is 1. The lowest BCUT2D eigenvalue weighted by Crippen LogP contribution is -2.52. The highest BCUT2D eigenvalue weighted by Crippen LogP contribution is 2.31. The van der Waals surface area contributed by atoms with Crippen LogP contribution in [0.4, 0.5) is 4.79 Å². The first-order chi connectivity index (χ1) is 10.1. The van der Waals surface area contributed by atoms with E-state index in [9.17, 15) is 4.79 Å². The average molecular weight is 297 g/mol. The third kappa shape index (κ3) is 6.27. The maximum Gasteiger partial charge on any atom is 0.410 e. The summed E-state index contributed by atoms with van der Waals surface area (Å²) in [7, 11) is 0. The van der Waals surface area contributed by atoms with E-state index in [1.54, 1.807) is 0 Å². The fraction of sp³-hybridized carbons (Fsp3) is 0.944. The lowest BCUT2D eigenvalue weighted by atomic mass is 9.86. The molecule has 0 aliphatic carbocycles. The highest BCUT2D eigenvalue weighted by atomic mass is 16.6. The summed E-state index contributed by atoms with van der Waals surface area (Å²) in [5.74, 6) is 0. The zero-order valence-corrected chi connectivity index (χ0v) is 14.5. The van der Waals surface area contributed by atoms with Crippen LogP contribution in [0.15, 0.2) is 0 Å². The van der Waals surface area contributed by atoms with E-state index in [0.29, 0.717) is 6.61 Å². The van der Waals surface area contributed by atoms with E-state index >= 15 is 0 Å². The number of unbranched alkanes of at least 4 members (excludes halogenated alkanes) is 6. The number of amides is 1. The smallest absolute Gasteiger partial charge is 0.410 e. The molecule has 1 aliphatic rings. The summed E-state index contributed by atoms with van der Waals surface area (Å²) < 4.78 is 5.28. The zero-order chi connectivity index (χ0) is 15.6. The van der Waals surface area contributed by atoms with Crippen molar-refractivity contribution in [2.24, 2.45) is 0 Å². The summed E-state index contributed by atoms with van der Waals surface area (Å²) in [6, 6.07) is 0. The van der Waals surface area contributed by atoms with Crippen LogP contribution >= 0.6 is 0 Å². The van der Waals surface area contributed by atoms with E-state index < -0.39 is 0 Å². The summed E-state index contributed by atoms with van der Waals surface area (Å²) in [4.78, 5) is 14.1. The third-order valence-electron chi connectivity index (χ3n) is 4.76. The summed E-state index contributed by atoms with van der Waals surface area (Å²) in [6.45, 7) is 8.23. The molecule has 1 saturated heterocycles. The molecule has 0 saturated carbocycles. The van der Waals surface area contributed by atoms with E-state index in [-0.39, 0.29) is 11.6 Å². The largest absolute Gasteiger partial charge is 0.449 e. The van der Waals surface area contributed by atoms with E-state index in [2.05, 4.69) is 20.8 Å². The Bertz CT molecular complexity index is 279. The third-order valence-corrected chi connectivity index (χ3v) is 4.76. The predicted molar refractivity (Wildman–Crippen MR) is 88.6 cm³/mol. The number of rotatable bonds is 11. The average Bonchev–Trinajstić information content (AvgIpc) is 2.49. The molecule has 0 aromatic rings. The minimum Gasteiger partial charge on any atom is -0.449 e. The van der Waals surface area contributed by atoms with Crippen molar-refractivity contribution in [3.8, 4) is 0 Å². The molecular weight excluding hydrogens is 262 g/mol. The van der Waals surface area contributed by atoms with Crippen LogP contribution in [-0.2, 0) is 4.74 Å². The van der Waals surface area contributed by atoms with Crippen molar-refractivity contribution >= 4 is 6.09 Å². The van der Waals surface area contributed by atoms with Crippen molar-refractivity contribution in [1.29, 1.82) is 0 Å². The second kappa shape index (κ2) is 10.1. The Morgan fingerprint density at radius 1 is 1.00 bits per heavy atom. The molecule has 1 fully saturated rings. The Hall–Kier alpha value is -0.730. The van der Waals surface area contributed by atoms with Crippen LogP contribution in [0.5, 0.6) is 0 Å². The summed E-state index contributed by atoms with van der Waals surface area (Å²) in [6.07, 6.45) is 13.3. The maximum atomic E-state index is 12.1. The van der Waals surface area contributed by atoms with Crippen LogP contribution < -0.4 is 0 Å². The summed E-state index contributed by atoms with van der Waals surface area (Å²) in [5.41, 5.74) is -0.00101. The van der Waals surface area contributed by atoms with Crippen LogP contribution in [0.2, 0.25) is 0 Å². The van der Waals surface area contributed by atoms with Gasteiger partial charge in [-0.2, -0.15) is 0 Å². The van der Waals surface area contributed by atoms with Gasteiger partial charge in [-0.1, -0.05) is 65.2 Å². The molecule has 0 unspecified atom stereocenters. The molecule has 1 aliphatic heterocycles. The van der Waals surface area contributed by atoms with Crippen LogP contribution in [0.25, 0.3) is 0 Å². The van der Waals surface area contributed by atoms with Gasteiger partial charge in [0.2, 0.25) is 0 Å². The second-order valence-corrected chi connectivity index (χ2v) is 6.74. The molecule has 0 radical (unpaired) electrons. The quantitative estimate of drug-likeness (QED) is 0.469. The van der Waals surface area contributed by atoms with Crippen LogP contribution in [0, 0.1) is 0 Å².